The van der Waals surface area contributed by atoms with E-state index in [4.69, 9.17) is 9.72 Å². The predicted octanol–water partition coefficient (Wildman–Crippen LogP) is 3.68. The molecule has 1 aromatic carbocycles. The standard InChI is InChI=1S/C20H21N3O/c1-2-5-18-15(4-1)8-9-17(22-18)14-24-20-7-3-6-19(23-20)16-10-12-21-13-11-16/h1-9,16,21H,10-14H2. The monoisotopic (exact) mass is 319 g/mol. The summed E-state index contributed by atoms with van der Waals surface area (Å²) in [5.74, 6) is 1.22. The zero-order valence-electron chi connectivity index (χ0n) is 13.6. The summed E-state index contributed by atoms with van der Waals surface area (Å²) in [5.41, 5.74) is 3.05. The van der Waals surface area contributed by atoms with E-state index in [9.17, 15) is 0 Å². The van der Waals surface area contributed by atoms with E-state index < -0.39 is 0 Å². The van der Waals surface area contributed by atoms with E-state index in [1.807, 2.05) is 36.4 Å². The highest BCUT2D eigenvalue weighted by Crippen LogP contribution is 2.25. The van der Waals surface area contributed by atoms with Gasteiger partial charge in [0.25, 0.3) is 0 Å². The van der Waals surface area contributed by atoms with Crippen LogP contribution in [0, 0.1) is 0 Å². The van der Waals surface area contributed by atoms with Crippen molar-refractivity contribution < 1.29 is 4.74 Å². The number of nitrogens with zero attached hydrogens (tertiary/aromatic N) is 2. The van der Waals surface area contributed by atoms with Gasteiger partial charge in [-0.15, -0.1) is 0 Å². The molecule has 3 aromatic rings. The second-order valence-corrected chi connectivity index (χ2v) is 6.21. The fourth-order valence-electron chi connectivity index (χ4n) is 3.19. The maximum absolute atomic E-state index is 5.88. The van der Waals surface area contributed by atoms with Crippen molar-refractivity contribution in [3.05, 3.63) is 66.0 Å². The van der Waals surface area contributed by atoms with Crippen LogP contribution in [-0.2, 0) is 6.61 Å². The van der Waals surface area contributed by atoms with Crippen molar-refractivity contribution in [2.24, 2.45) is 0 Å². The molecule has 1 fully saturated rings. The third kappa shape index (κ3) is 3.39. The molecule has 0 saturated carbocycles. The Morgan fingerprint density at radius 3 is 2.71 bits per heavy atom. The summed E-state index contributed by atoms with van der Waals surface area (Å²) in [6.07, 6.45) is 2.28. The zero-order valence-corrected chi connectivity index (χ0v) is 13.6. The Labute approximate surface area is 141 Å². The number of ether oxygens (including phenoxy) is 1. The number of piperidine rings is 1. The number of para-hydroxylation sites is 1. The van der Waals surface area contributed by atoms with Crippen molar-refractivity contribution in [2.75, 3.05) is 13.1 Å². The van der Waals surface area contributed by atoms with Gasteiger partial charge in [-0.2, -0.15) is 0 Å². The Hall–Kier alpha value is -2.46. The predicted molar refractivity (Wildman–Crippen MR) is 95.2 cm³/mol. The second-order valence-electron chi connectivity index (χ2n) is 6.21. The zero-order chi connectivity index (χ0) is 16.2. The highest BCUT2D eigenvalue weighted by Gasteiger charge is 2.16. The van der Waals surface area contributed by atoms with Crippen LogP contribution in [-0.4, -0.2) is 23.1 Å². The SMILES string of the molecule is c1cc(OCc2ccc3ccccc3n2)nc(C2CCNCC2)c1. The van der Waals surface area contributed by atoms with Crippen LogP contribution in [0.5, 0.6) is 5.88 Å². The third-order valence-electron chi connectivity index (χ3n) is 4.53. The quantitative estimate of drug-likeness (QED) is 0.797. The van der Waals surface area contributed by atoms with Gasteiger partial charge in [0.1, 0.15) is 6.61 Å². The molecule has 0 atom stereocenters. The van der Waals surface area contributed by atoms with Crippen molar-refractivity contribution >= 4 is 10.9 Å². The molecular weight excluding hydrogens is 298 g/mol. The van der Waals surface area contributed by atoms with Gasteiger partial charge >= 0.3 is 0 Å². The topological polar surface area (TPSA) is 47.0 Å². The summed E-state index contributed by atoms with van der Waals surface area (Å²) < 4.78 is 5.88. The maximum Gasteiger partial charge on any atom is 0.213 e. The molecule has 122 valence electrons. The van der Waals surface area contributed by atoms with Gasteiger partial charge in [-0.1, -0.05) is 30.3 Å². The number of rotatable bonds is 4. The molecule has 24 heavy (non-hydrogen) atoms. The molecule has 4 heteroatoms. The van der Waals surface area contributed by atoms with E-state index in [-0.39, 0.29) is 0 Å². The largest absolute Gasteiger partial charge is 0.471 e. The van der Waals surface area contributed by atoms with Crippen molar-refractivity contribution in [1.82, 2.24) is 15.3 Å². The fraction of sp³-hybridized carbons (Fsp3) is 0.300. The third-order valence-corrected chi connectivity index (χ3v) is 4.53. The Morgan fingerprint density at radius 2 is 1.79 bits per heavy atom. The summed E-state index contributed by atoms with van der Waals surface area (Å²) in [7, 11) is 0. The minimum absolute atomic E-state index is 0.438. The second kappa shape index (κ2) is 6.97. The molecule has 0 radical (unpaired) electrons. The van der Waals surface area contributed by atoms with E-state index in [2.05, 4.69) is 28.5 Å². The molecule has 1 aliphatic rings. The van der Waals surface area contributed by atoms with Crippen molar-refractivity contribution in [3.8, 4) is 5.88 Å². The lowest BCUT2D eigenvalue weighted by atomic mass is 9.94. The molecule has 4 rings (SSSR count). The lowest BCUT2D eigenvalue weighted by Crippen LogP contribution is -2.27. The van der Waals surface area contributed by atoms with Crippen LogP contribution in [0.2, 0.25) is 0 Å². The molecular formula is C20H21N3O. The first-order valence-corrected chi connectivity index (χ1v) is 8.54. The Bertz CT molecular complexity index is 828. The minimum atomic E-state index is 0.438. The smallest absolute Gasteiger partial charge is 0.213 e. The van der Waals surface area contributed by atoms with E-state index in [0.29, 0.717) is 18.4 Å². The number of hydrogen-bond donors (Lipinski definition) is 1. The van der Waals surface area contributed by atoms with Gasteiger partial charge in [0.05, 0.1) is 11.2 Å². The molecule has 0 spiro atoms. The molecule has 0 aliphatic carbocycles. The van der Waals surface area contributed by atoms with Gasteiger partial charge in [0.2, 0.25) is 5.88 Å². The minimum Gasteiger partial charge on any atom is -0.471 e. The number of pyridine rings is 2. The summed E-state index contributed by atoms with van der Waals surface area (Å²) in [6.45, 7) is 2.57. The molecule has 3 heterocycles. The van der Waals surface area contributed by atoms with E-state index in [0.717, 1.165) is 48.2 Å². The lowest BCUT2D eigenvalue weighted by molar-refractivity contribution is 0.287. The van der Waals surface area contributed by atoms with Crippen LogP contribution in [0.4, 0.5) is 0 Å². The first-order valence-electron chi connectivity index (χ1n) is 8.54. The lowest BCUT2D eigenvalue weighted by Gasteiger charge is -2.22. The summed E-state index contributed by atoms with van der Waals surface area (Å²) in [6, 6.07) is 18.3. The Morgan fingerprint density at radius 1 is 0.917 bits per heavy atom. The first-order chi connectivity index (χ1) is 11.9. The van der Waals surface area contributed by atoms with Crippen LogP contribution in [0.1, 0.15) is 30.1 Å². The van der Waals surface area contributed by atoms with Crippen LogP contribution in [0.25, 0.3) is 10.9 Å². The fourth-order valence-corrected chi connectivity index (χ4v) is 3.19. The average molecular weight is 319 g/mol. The summed E-state index contributed by atoms with van der Waals surface area (Å²) >= 11 is 0. The van der Waals surface area contributed by atoms with Crippen LogP contribution in [0.3, 0.4) is 0 Å². The molecule has 0 bridgehead atoms. The van der Waals surface area contributed by atoms with E-state index in [1.165, 1.54) is 0 Å². The van der Waals surface area contributed by atoms with Crippen LogP contribution in [0.15, 0.2) is 54.6 Å². The summed E-state index contributed by atoms with van der Waals surface area (Å²) in [4.78, 5) is 9.34. The molecule has 1 N–H and O–H groups in total. The maximum atomic E-state index is 5.88. The highest BCUT2D eigenvalue weighted by atomic mass is 16.5. The molecule has 4 nitrogen and oxygen atoms in total. The molecule has 0 amide bonds. The first kappa shape index (κ1) is 15.1. The van der Waals surface area contributed by atoms with Crippen LogP contribution >= 0.6 is 0 Å². The van der Waals surface area contributed by atoms with Gasteiger partial charge in [0.15, 0.2) is 0 Å². The molecule has 1 saturated heterocycles. The number of nitrogens with one attached hydrogen (secondary N) is 1. The molecule has 1 aliphatic heterocycles. The number of hydrogen-bond acceptors (Lipinski definition) is 4. The number of fused-ring (bicyclic) bond motifs is 1. The number of aromatic nitrogens is 2. The summed E-state index contributed by atoms with van der Waals surface area (Å²) in [5, 5.41) is 4.54. The average Bonchev–Trinajstić information content (AvgIpc) is 2.67. The normalized spacial score (nSPS) is 15.5. The highest BCUT2D eigenvalue weighted by molar-refractivity contribution is 5.78. The van der Waals surface area contributed by atoms with Gasteiger partial charge in [0, 0.05) is 23.1 Å². The Balaban J connectivity index is 1.46. The van der Waals surface area contributed by atoms with Crippen molar-refractivity contribution in [3.63, 3.8) is 0 Å². The molecule has 0 unspecified atom stereocenters. The van der Waals surface area contributed by atoms with Gasteiger partial charge in [-0.05, 0) is 44.1 Å². The number of benzene rings is 1. The van der Waals surface area contributed by atoms with Crippen molar-refractivity contribution in [1.29, 1.82) is 0 Å². The van der Waals surface area contributed by atoms with Gasteiger partial charge in [-0.3, -0.25) is 0 Å². The Kier molecular flexibility index (Phi) is 4.38. The van der Waals surface area contributed by atoms with Gasteiger partial charge in [-0.25, -0.2) is 9.97 Å². The van der Waals surface area contributed by atoms with Crippen LogP contribution < -0.4 is 10.1 Å². The van der Waals surface area contributed by atoms with Crippen molar-refractivity contribution in [2.45, 2.75) is 25.4 Å². The van der Waals surface area contributed by atoms with E-state index in [1.54, 1.807) is 0 Å². The van der Waals surface area contributed by atoms with E-state index >= 15 is 0 Å². The van der Waals surface area contributed by atoms with Gasteiger partial charge < -0.3 is 10.1 Å². The molecule has 2 aromatic heterocycles.